The van der Waals surface area contributed by atoms with E-state index in [9.17, 15) is 17.6 Å². The van der Waals surface area contributed by atoms with Crippen molar-refractivity contribution in [1.82, 2.24) is 0 Å². The minimum Gasteiger partial charge on any atom is -0.368 e. The SMILES string of the molecule is NS(=O)(=O)c1ccc(N2CCC(=O)CC2)c(F)c1. The molecule has 0 bridgehead atoms. The first-order valence-corrected chi connectivity index (χ1v) is 7.01. The molecule has 1 aromatic carbocycles. The Balaban J connectivity index is 2.28. The zero-order valence-electron chi connectivity index (χ0n) is 9.60. The predicted molar refractivity (Wildman–Crippen MR) is 64.2 cm³/mol. The van der Waals surface area contributed by atoms with Crippen LogP contribution in [0.4, 0.5) is 10.1 Å². The van der Waals surface area contributed by atoms with Gasteiger partial charge in [0.2, 0.25) is 10.0 Å². The molecule has 1 fully saturated rings. The molecule has 1 aromatic rings. The Kier molecular flexibility index (Phi) is 3.36. The highest BCUT2D eigenvalue weighted by Gasteiger charge is 2.20. The first kappa shape index (κ1) is 13.0. The van der Waals surface area contributed by atoms with Crippen LogP contribution < -0.4 is 10.0 Å². The van der Waals surface area contributed by atoms with E-state index in [1.807, 2.05) is 0 Å². The standard InChI is InChI=1S/C11H13FN2O3S/c12-10-7-9(18(13,16)17)1-2-11(10)14-5-3-8(15)4-6-14/h1-2,7H,3-6H2,(H2,13,16,17). The molecule has 2 N–H and O–H groups in total. The van der Waals surface area contributed by atoms with Crippen LogP contribution in [0.15, 0.2) is 23.1 Å². The predicted octanol–water partition coefficient (Wildman–Crippen LogP) is 0.642. The molecule has 18 heavy (non-hydrogen) atoms. The third-order valence-electron chi connectivity index (χ3n) is 2.91. The van der Waals surface area contributed by atoms with Crippen LogP contribution in [-0.2, 0) is 14.8 Å². The van der Waals surface area contributed by atoms with Crippen LogP contribution >= 0.6 is 0 Å². The Hall–Kier alpha value is -1.47. The van der Waals surface area contributed by atoms with Gasteiger partial charge in [0.05, 0.1) is 10.6 Å². The van der Waals surface area contributed by atoms with E-state index < -0.39 is 15.8 Å². The van der Waals surface area contributed by atoms with Crippen molar-refractivity contribution in [3.8, 4) is 0 Å². The Labute approximate surface area is 104 Å². The van der Waals surface area contributed by atoms with E-state index in [-0.39, 0.29) is 10.7 Å². The first-order valence-electron chi connectivity index (χ1n) is 5.47. The fraction of sp³-hybridized carbons (Fsp3) is 0.364. The molecule has 0 amide bonds. The molecule has 1 saturated heterocycles. The van der Waals surface area contributed by atoms with Gasteiger partial charge in [0.1, 0.15) is 11.6 Å². The summed E-state index contributed by atoms with van der Waals surface area (Å²) >= 11 is 0. The highest BCUT2D eigenvalue weighted by molar-refractivity contribution is 7.89. The lowest BCUT2D eigenvalue weighted by molar-refractivity contribution is -0.119. The molecule has 2 rings (SSSR count). The van der Waals surface area contributed by atoms with Crippen LogP contribution in [0.2, 0.25) is 0 Å². The van der Waals surface area contributed by atoms with Crippen molar-refractivity contribution in [3.05, 3.63) is 24.0 Å². The zero-order chi connectivity index (χ0) is 13.3. The number of nitrogens with two attached hydrogens (primary N) is 1. The van der Waals surface area contributed by atoms with E-state index in [2.05, 4.69) is 0 Å². The number of anilines is 1. The highest BCUT2D eigenvalue weighted by Crippen LogP contribution is 2.24. The third kappa shape index (κ3) is 2.68. The maximum absolute atomic E-state index is 13.8. The number of nitrogens with zero attached hydrogens (tertiary/aromatic N) is 1. The normalized spacial score (nSPS) is 17.0. The average Bonchev–Trinajstić information content (AvgIpc) is 2.29. The van der Waals surface area contributed by atoms with Crippen LogP contribution in [0, 0.1) is 5.82 Å². The summed E-state index contributed by atoms with van der Waals surface area (Å²) in [6.07, 6.45) is 0.771. The summed E-state index contributed by atoms with van der Waals surface area (Å²) in [7, 11) is -3.89. The van der Waals surface area contributed by atoms with Gasteiger partial charge in [-0.1, -0.05) is 0 Å². The lowest BCUT2D eigenvalue weighted by Gasteiger charge is -2.28. The maximum atomic E-state index is 13.8. The fourth-order valence-corrected chi connectivity index (χ4v) is 2.44. The summed E-state index contributed by atoms with van der Waals surface area (Å²) in [5.74, 6) is -0.483. The first-order chi connectivity index (χ1) is 8.38. The van der Waals surface area contributed by atoms with E-state index in [4.69, 9.17) is 5.14 Å². The molecule has 0 atom stereocenters. The average molecular weight is 272 g/mol. The topological polar surface area (TPSA) is 80.5 Å². The molecule has 98 valence electrons. The molecule has 0 aliphatic carbocycles. The minimum atomic E-state index is -3.89. The number of carbonyl (C=O) groups excluding carboxylic acids is 1. The fourth-order valence-electron chi connectivity index (χ4n) is 1.92. The second-order valence-electron chi connectivity index (χ2n) is 4.18. The number of hydrogen-bond donors (Lipinski definition) is 1. The molecular formula is C11H13FN2O3S. The molecule has 5 nitrogen and oxygen atoms in total. The molecule has 0 aromatic heterocycles. The second kappa shape index (κ2) is 4.66. The number of Topliss-reactive ketones (excluding diaryl/α,β-unsaturated/α-hetero) is 1. The smallest absolute Gasteiger partial charge is 0.238 e. The highest BCUT2D eigenvalue weighted by atomic mass is 32.2. The summed E-state index contributed by atoms with van der Waals surface area (Å²) < 4.78 is 36.0. The molecular weight excluding hydrogens is 259 g/mol. The lowest BCUT2D eigenvalue weighted by Crippen LogP contribution is -2.34. The number of piperidine rings is 1. The van der Waals surface area contributed by atoms with Crippen LogP contribution in [0.25, 0.3) is 0 Å². The summed E-state index contributed by atoms with van der Waals surface area (Å²) in [5, 5.41) is 4.92. The molecule has 0 radical (unpaired) electrons. The van der Waals surface area contributed by atoms with E-state index in [0.29, 0.717) is 31.6 Å². The summed E-state index contributed by atoms with van der Waals surface area (Å²) in [4.78, 5) is 12.6. The number of sulfonamides is 1. The number of hydrogen-bond acceptors (Lipinski definition) is 4. The Morgan fingerprint density at radius 3 is 2.33 bits per heavy atom. The second-order valence-corrected chi connectivity index (χ2v) is 5.75. The van der Waals surface area contributed by atoms with Crippen molar-refractivity contribution in [3.63, 3.8) is 0 Å². The molecule has 1 aliphatic rings. The van der Waals surface area contributed by atoms with Crippen LogP contribution in [0.3, 0.4) is 0 Å². The van der Waals surface area contributed by atoms with Crippen molar-refractivity contribution in [2.45, 2.75) is 17.7 Å². The largest absolute Gasteiger partial charge is 0.368 e. The Bertz CT molecular complexity index is 576. The molecule has 1 aliphatic heterocycles. The summed E-state index contributed by atoms with van der Waals surface area (Å²) in [5.41, 5.74) is 0.301. The van der Waals surface area contributed by atoms with Gasteiger partial charge >= 0.3 is 0 Å². The van der Waals surface area contributed by atoms with Crippen LogP contribution in [0.5, 0.6) is 0 Å². The van der Waals surface area contributed by atoms with E-state index in [0.717, 1.165) is 6.07 Å². The lowest BCUT2D eigenvalue weighted by atomic mass is 10.1. The van der Waals surface area contributed by atoms with Gasteiger partial charge < -0.3 is 4.90 Å². The zero-order valence-corrected chi connectivity index (χ0v) is 10.4. The molecule has 0 spiro atoms. The quantitative estimate of drug-likeness (QED) is 0.856. The number of primary sulfonamides is 1. The number of halogens is 1. The number of rotatable bonds is 2. The van der Waals surface area contributed by atoms with E-state index in [1.54, 1.807) is 4.90 Å². The monoisotopic (exact) mass is 272 g/mol. The van der Waals surface area contributed by atoms with Gasteiger partial charge in [-0.2, -0.15) is 0 Å². The van der Waals surface area contributed by atoms with Crippen LogP contribution in [-0.4, -0.2) is 27.3 Å². The van der Waals surface area contributed by atoms with Gasteiger partial charge in [-0.05, 0) is 18.2 Å². The summed E-state index contributed by atoms with van der Waals surface area (Å²) in [6, 6.07) is 3.55. The van der Waals surface area contributed by atoms with Gasteiger partial charge in [-0.3, -0.25) is 4.79 Å². The Morgan fingerprint density at radius 2 is 1.83 bits per heavy atom. The molecule has 0 unspecified atom stereocenters. The molecule has 7 heteroatoms. The molecule has 0 saturated carbocycles. The van der Waals surface area contributed by atoms with Crippen molar-refractivity contribution >= 4 is 21.5 Å². The van der Waals surface area contributed by atoms with Crippen molar-refractivity contribution in [1.29, 1.82) is 0 Å². The van der Waals surface area contributed by atoms with E-state index in [1.165, 1.54) is 12.1 Å². The third-order valence-corrected chi connectivity index (χ3v) is 3.82. The van der Waals surface area contributed by atoms with E-state index >= 15 is 0 Å². The van der Waals surface area contributed by atoms with Crippen molar-refractivity contribution in [2.75, 3.05) is 18.0 Å². The van der Waals surface area contributed by atoms with Gasteiger partial charge in [-0.15, -0.1) is 0 Å². The van der Waals surface area contributed by atoms with Crippen molar-refractivity contribution in [2.24, 2.45) is 5.14 Å². The molecule has 1 heterocycles. The Morgan fingerprint density at radius 1 is 1.22 bits per heavy atom. The van der Waals surface area contributed by atoms with Gasteiger partial charge in [0, 0.05) is 25.9 Å². The number of benzene rings is 1. The summed E-state index contributed by atoms with van der Waals surface area (Å²) in [6.45, 7) is 0.898. The van der Waals surface area contributed by atoms with Gasteiger partial charge in [0.15, 0.2) is 0 Å². The van der Waals surface area contributed by atoms with Gasteiger partial charge in [-0.25, -0.2) is 17.9 Å². The van der Waals surface area contributed by atoms with Crippen molar-refractivity contribution < 1.29 is 17.6 Å². The van der Waals surface area contributed by atoms with Gasteiger partial charge in [0.25, 0.3) is 0 Å². The number of carbonyl (C=O) groups is 1. The maximum Gasteiger partial charge on any atom is 0.238 e. The van der Waals surface area contributed by atoms with Crippen LogP contribution in [0.1, 0.15) is 12.8 Å². The number of ketones is 1. The minimum absolute atomic E-state index is 0.160.